The predicted octanol–water partition coefficient (Wildman–Crippen LogP) is 3.47. The number of ether oxygens (including phenoxy) is 4. The molecule has 1 amide bonds. The van der Waals surface area contributed by atoms with Crippen LogP contribution in [0.2, 0.25) is 0 Å². The number of rotatable bonds is 6. The Morgan fingerprint density at radius 3 is 2.02 bits per heavy atom. The van der Waals surface area contributed by atoms with Crippen molar-refractivity contribution in [3.8, 4) is 0 Å². The molecule has 6 saturated carbocycles. The van der Waals surface area contributed by atoms with E-state index in [1.54, 1.807) is 20.8 Å². The molecule has 0 aromatic heterocycles. The molecule has 8 rings (SSSR count). The normalized spacial score (nSPS) is 41.1. The van der Waals surface area contributed by atoms with Crippen molar-refractivity contribution in [2.45, 2.75) is 99.9 Å². The molecule has 49 heavy (non-hydrogen) atoms. The number of halogens is 6. The summed E-state index contributed by atoms with van der Waals surface area (Å²) in [5.74, 6) is -18.4. The Balaban J connectivity index is 0.00000417. The number of likely N-dealkylation sites (tertiary alicyclic amines) is 1. The van der Waals surface area contributed by atoms with Gasteiger partial charge in [0, 0.05) is 23.3 Å². The Bertz CT molecular complexity index is 1500. The fourth-order valence-corrected chi connectivity index (χ4v) is 10.6. The summed E-state index contributed by atoms with van der Waals surface area (Å²) < 4.78 is 139. The third-order valence-electron chi connectivity index (χ3n) is 12.0. The van der Waals surface area contributed by atoms with Crippen molar-refractivity contribution in [3.63, 3.8) is 0 Å². The standard InChI is InChI=1S/C30H36F6NO10S.Rf/c1-25(2,3)37-20-16-6-17(19(18(16)22(37)38)23(39)44-12-29(35,36)48(41,42)43)21(20)47-24(40)26-7-13-4-14(8-26)30(15(5-13)9-26)45-10-27(31,32)28(33,34)11-46-30;/h12-21H,4-11H2,1-3H3,(H,41,42,43);/q-1;/p-1. The minimum atomic E-state index is -6.21. The van der Waals surface area contributed by atoms with Crippen molar-refractivity contribution in [2.24, 2.45) is 46.8 Å². The molecule has 0 aromatic rings. The zero-order valence-electron chi connectivity index (χ0n) is 26.8. The van der Waals surface area contributed by atoms with Gasteiger partial charge in [-0.1, -0.05) is 6.61 Å². The van der Waals surface area contributed by atoms with Gasteiger partial charge in [0.1, 0.15) is 29.4 Å². The van der Waals surface area contributed by atoms with Crippen LogP contribution in [-0.4, -0.2) is 89.5 Å². The Kier molecular flexibility index (Phi) is 7.59. The van der Waals surface area contributed by atoms with Gasteiger partial charge in [0.15, 0.2) is 5.79 Å². The first-order valence-electron chi connectivity index (χ1n) is 15.9. The van der Waals surface area contributed by atoms with Crippen LogP contribution in [0, 0.1) is 53.4 Å². The summed E-state index contributed by atoms with van der Waals surface area (Å²) in [5, 5.41) is -5.03. The van der Waals surface area contributed by atoms with Crippen molar-refractivity contribution in [2.75, 3.05) is 13.2 Å². The molecule has 6 aliphatic carbocycles. The molecule has 8 fully saturated rings. The van der Waals surface area contributed by atoms with Crippen molar-refractivity contribution in [3.05, 3.63) is 6.61 Å². The molecule has 8 atom stereocenters. The fourth-order valence-electron chi connectivity index (χ4n) is 10.4. The summed E-state index contributed by atoms with van der Waals surface area (Å²) >= 11 is 0. The van der Waals surface area contributed by atoms with Crippen LogP contribution < -0.4 is 0 Å². The SMILES string of the molecule is CC(C)(C)N1C(=O)C2C3CC(C(OC(=O)C45CC6CC(C4)C4(OCC(F)(F)C(F)(F)CO4)C(C6)C5)C31)C2C(=O)O[CH-]C(F)(F)S(=O)(=O)[O-].[Rf]. The fraction of sp³-hybridized carbons (Fsp3) is 0.867. The van der Waals surface area contributed by atoms with E-state index >= 15 is 0 Å². The van der Waals surface area contributed by atoms with Crippen LogP contribution >= 0.6 is 0 Å². The van der Waals surface area contributed by atoms with E-state index in [2.05, 4.69) is 4.74 Å². The van der Waals surface area contributed by atoms with Gasteiger partial charge >= 0.3 is 17.8 Å². The summed E-state index contributed by atoms with van der Waals surface area (Å²) in [6.07, 6.45) is 0.376. The minimum absolute atomic E-state index is 0. The van der Waals surface area contributed by atoms with Crippen LogP contribution in [0.3, 0.4) is 0 Å². The van der Waals surface area contributed by atoms with Crippen molar-refractivity contribution < 1.29 is 72.6 Å². The minimum Gasteiger partial charge on any atom is -0.746 e. The van der Waals surface area contributed by atoms with Gasteiger partial charge in [-0.25, -0.2) is 17.2 Å². The van der Waals surface area contributed by atoms with Crippen LogP contribution in [0.25, 0.3) is 0 Å². The van der Waals surface area contributed by atoms with Gasteiger partial charge in [0.05, 0.1) is 23.3 Å². The second kappa shape index (κ2) is 10.4. The average molecular weight is 983 g/mol. The Hall–Kier alpha value is -3.18. The van der Waals surface area contributed by atoms with Crippen LogP contribution in [-0.2, 0) is 43.4 Å². The molecular weight excluding hydrogens is 947 g/mol. The molecule has 0 radical (unpaired) electrons. The molecular formula is C30H35F6NO10RfS-2. The molecule has 19 heteroatoms. The van der Waals surface area contributed by atoms with Crippen LogP contribution in [0.15, 0.2) is 0 Å². The number of hydrogen-bond donors (Lipinski definition) is 0. The smallest absolute Gasteiger partial charge is 0.335 e. The first kappa shape index (κ1) is 35.6. The maximum atomic E-state index is 14.3. The molecule has 6 bridgehead atoms. The molecule has 8 aliphatic rings. The van der Waals surface area contributed by atoms with E-state index in [4.69, 9.17) is 14.2 Å². The van der Waals surface area contributed by atoms with Crippen LogP contribution in [0.1, 0.15) is 59.3 Å². The van der Waals surface area contributed by atoms with Crippen LogP contribution in [0.4, 0.5) is 26.3 Å². The number of amides is 1. The third kappa shape index (κ3) is 4.88. The summed E-state index contributed by atoms with van der Waals surface area (Å²) in [7, 11) is -6.21. The van der Waals surface area contributed by atoms with Gasteiger partial charge in [-0.3, -0.25) is 14.4 Å². The Morgan fingerprint density at radius 2 is 1.51 bits per heavy atom. The van der Waals surface area contributed by atoms with Crippen molar-refractivity contribution in [1.82, 2.24) is 4.90 Å². The second-order valence-electron chi connectivity index (χ2n) is 15.8. The molecule has 2 aliphatic heterocycles. The van der Waals surface area contributed by atoms with Gasteiger partial charge in [0.25, 0.3) is 11.2 Å². The molecule has 8 unspecified atom stereocenters. The topological polar surface area (TPSA) is 149 Å². The van der Waals surface area contributed by atoms with E-state index in [1.165, 1.54) is 4.90 Å². The number of carbonyl (C=O) groups is 3. The number of esters is 2. The molecule has 272 valence electrons. The monoisotopic (exact) mass is 982 g/mol. The molecule has 11 nitrogen and oxygen atoms in total. The average Bonchev–Trinajstić information content (AvgIpc) is 3.55. The summed E-state index contributed by atoms with van der Waals surface area (Å²) in [6, 6.07) is -0.675. The molecule has 0 N–H and O–H groups in total. The van der Waals surface area contributed by atoms with E-state index in [1.807, 2.05) is 0 Å². The van der Waals surface area contributed by atoms with E-state index in [0.29, 0.717) is 19.3 Å². The Labute approximate surface area is 272 Å². The second-order valence-corrected chi connectivity index (χ2v) is 17.2. The van der Waals surface area contributed by atoms with E-state index in [9.17, 15) is 53.7 Å². The van der Waals surface area contributed by atoms with Gasteiger partial charge in [0.2, 0.25) is 5.91 Å². The van der Waals surface area contributed by atoms with Gasteiger partial charge in [-0.2, -0.15) is 17.6 Å². The third-order valence-corrected chi connectivity index (χ3v) is 12.8. The summed E-state index contributed by atoms with van der Waals surface area (Å²) in [5.41, 5.74) is -1.98. The largest absolute Gasteiger partial charge is 0.746 e. The van der Waals surface area contributed by atoms with Gasteiger partial charge in [-0.15, -0.1) is 0 Å². The van der Waals surface area contributed by atoms with Gasteiger partial charge < -0.3 is 28.4 Å². The van der Waals surface area contributed by atoms with E-state index < -0.39 is 129 Å². The maximum absolute atomic E-state index is 14.3. The zero-order valence-corrected chi connectivity index (χ0v) is 34.1. The van der Waals surface area contributed by atoms with E-state index in [0.717, 1.165) is 0 Å². The first-order valence-corrected chi connectivity index (χ1v) is 17.3. The number of carbonyl (C=O) groups excluding carboxylic acids is 3. The Morgan fingerprint density at radius 1 is 0.959 bits per heavy atom. The van der Waals surface area contributed by atoms with Crippen molar-refractivity contribution >= 4 is 28.0 Å². The summed E-state index contributed by atoms with van der Waals surface area (Å²) in [6.45, 7) is 1.46. The first-order chi connectivity index (χ1) is 21.9. The predicted molar refractivity (Wildman–Crippen MR) is 144 cm³/mol. The van der Waals surface area contributed by atoms with Gasteiger partial charge in [-0.05, 0) is 71.1 Å². The zero-order chi connectivity index (χ0) is 35.2. The number of alkyl halides is 6. The maximum Gasteiger partial charge on any atom is 0.335 e. The van der Waals surface area contributed by atoms with Crippen molar-refractivity contribution in [1.29, 1.82) is 0 Å². The van der Waals surface area contributed by atoms with Crippen LogP contribution in [0.5, 0.6) is 0 Å². The molecule has 2 heterocycles. The molecule has 1 spiro atoms. The molecule has 2 saturated heterocycles. The number of fused-ring (bicyclic) bond motifs is 1. The number of hydrogen-bond acceptors (Lipinski definition) is 10. The molecule has 0 aromatic carbocycles. The summed E-state index contributed by atoms with van der Waals surface area (Å²) in [4.78, 5) is 42.7. The van der Waals surface area contributed by atoms with E-state index in [-0.39, 0.29) is 25.2 Å². The quantitative estimate of drug-likeness (QED) is 0.168. The number of nitrogens with zero attached hydrogens (tertiary/aromatic N) is 1.